The number of hydrogen-bond acceptors (Lipinski definition) is 4. The van der Waals surface area contributed by atoms with E-state index >= 15 is 0 Å². The van der Waals surface area contributed by atoms with Crippen molar-refractivity contribution >= 4 is 0 Å². The van der Waals surface area contributed by atoms with Gasteiger partial charge in [-0.05, 0) is 0 Å². The monoisotopic (exact) mass is 106 g/mol. The first-order valence-corrected chi connectivity index (χ1v) is 1.88. The summed E-state index contributed by atoms with van der Waals surface area (Å²) in [5, 5.41) is 8.38. The molecule has 1 fully saturated rings. The van der Waals surface area contributed by atoms with Crippen LogP contribution in [-0.4, -0.2) is 25.2 Å². The molecule has 1 heterocycles. The normalized spacial score (nSPS) is 25.3. The minimum atomic E-state index is -1.09. The van der Waals surface area contributed by atoms with Crippen molar-refractivity contribution < 1.29 is 19.3 Å². The molecule has 0 saturated carbocycles. The summed E-state index contributed by atoms with van der Waals surface area (Å²) in [7, 11) is 0. The summed E-state index contributed by atoms with van der Waals surface area (Å²) in [6.07, 6.45) is 0. The molecule has 42 valence electrons. The fraction of sp³-hybridized carbons (Fsp3) is 1.00. The molecule has 0 aromatic heterocycles. The van der Waals surface area contributed by atoms with Crippen molar-refractivity contribution in [3.63, 3.8) is 0 Å². The van der Waals surface area contributed by atoms with E-state index in [1.807, 2.05) is 0 Å². The van der Waals surface area contributed by atoms with Gasteiger partial charge in [-0.1, -0.05) is 0 Å². The van der Waals surface area contributed by atoms with Gasteiger partial charge in [-0.2, -0.15) is 0 Å². The summed E-state index contributed by atoms with van der Waals surface area (Å²) in [5.74, 6) is 0. The molecule has 0 radical (unpaired) electrons. The molecule has 7 heavy (non-hydrogen) atoms. The van der Waals surface area contributed by atoms with Gasteiger partial charge in [-0.15, -0.1) is 0 Å². The van der Waals surface area contributed by atoms with E-state index in [-0.39, 0.29) is 13.6 Å². The number of aliphatic hydroxyl groups excluding tert-OH is 1. The van der Waals surface area contributed by atoms with Gasteiger partial charge in [0.2, 0.25) is 0 Å². The first kappa shape index (κ1) is 4.99. The third-order valence-electron chi connectivity index (χ3n) is 0.588. The van der Waals surface area contributed by atoms with Crippen molar-refractivity contribution in [3.05, 3.63) is 0 Å². The van der Waals surface area contributed by atoms with Crippen LogP contribution in [0.4, 0.5) is 0 Å². The standard InChI is InChI=1S/C3H6O4/c4-3-6-1-5-2-7-3/h3-4H,1-2H2. The summed E-state index contributed by atoms with van der Waals surface area (Å²) < 4.78 is 13.3. The Balaban J connectivity index is 2.12. The molecule has 0 aromatic carbocycles. The van der Waals surface area contributed by atoms with E-state index in [0.717, 1.165) is 0 Å². The third kappa shape index (κ3) is 1.40. The molecule has 0 amide bonds. The fourth-order valence-corrected chi connectivity index (χ4v) is 0.295. The van der Waals surface area contributed by atoms with Gasteiger partial charge in [-0.25, -0.2) is 0 Å². The van der Waals surface area contributed by atoms with Crippen molar-refractivity contribution in [1.29, 1.82) is 0 Å². The smallest absolute Gasteiger partial charge is 0.273 e. The molecule has 1 aliphatic rings. The highest BCUT2D eigenvalue weighted by Gasteiger charge is 2.07. The Labute approximate surface area is 40.6 Å². The molecule has 1 N–H and O–H groups in total. The molecule has 0 aromatic rings. The molecule has 0 spiro atoms. The van der Waals surface area contributed by atoms with E-state index in [1.54, 1.807) is 0 Å². The average molecular weight is 106 g/mol. The molecule has 4 nitrogen and oxygen atoms in total. The number of aliphatic hydroxyl groups is 1. The van der Waals surface area contributed by atoms with Crippen LogP contribution in [0.25, 0.3) is 0 Å². The summed E-state index contributed by atoms with van der Waals surface area (Å²) in [6.45, 7) is -0.865. The van der Waals surface area contributed by atoms with E-state index in [9.17, 15) is 0 Å². The Kier molecular flexibility index (Phi) is 1.59. The molecular formula is C3H6O4. The zero-order chi connectivity index (χ0) is 5.11. The van der Waals surface area contributed by atoms with Crippen LogP contribution in [0.15, 0.2) is 0 Å². The van der Waals surface area contributed by atoms with E-state index in [4.69, 9.17) is 5.11 Å². The van der Waals surface area contributed by atoms with Crippen LogP contribution >= 0.6 is 0 Å². The van der Waals surface area contributed by atoms with Crippen molar-refractivity contribution in [1.82, 2.24) is 0 Å². The second-order valence-corrected chi connectivity index (χ2v) is 1.08. The van der Waals surface area contributed by atoms with Crippen molar-refractivity contribution in [2.75, 3.05) is 13.6 Å². The maximum Gasteiger partial charge on any atom is 0.273 e. The van der Waals surface area contributed by atoms with Crippen LogP contribution in [0, 0.1) is 0 Å². The van der Waals surface area contributed by atoms with Gasteiger partial charge in [-0.3, -0.25) is 0 Å². The maximum absolute atomic E-state index is 8.38. The summed E-state index contributed by atoms with van der Waals surface area (Å²) in [4.78, 5) is 0. The Bertz CT molecular complexity index is 48.9. The summed E-state index contributed by atoms with van der Waals surface area (Å²) >= 11 is 0. The molecule has 0 unspecified atom stereocenters. The van der Waals surface area contributed by atoms with Gasteiger partial charge in [0.05, 0.1) is 0 Å². The minimum Gasteiger partial charge on any atom is -0.346 e. The predicted octanol–water partition coefficient (Wildman–Crippen LogP) is -0.759. The van der Waals surface area contributed by atoms with Gasteiger partial charge in [0.25, 0.3) is 6.48 Å². The lowest BCUT2D eigenvalue weighted by atomic mass is 11.1. The number of ether oxygens (including phenoxy) is 3. The first-order chi connectivity index (χ1) is 3.39. The Hall–Kier alpha value is -0.160. The summed E-state index contributed by atoms with van der Waals surface area (Å²) in [6, 6.07) is 0. The maximum atomic E-state index is 8.38. The lowest BCUT2D eigenvalue weighted by Crippen LogP contribution is -2.25. The van der Waals surface area contributed by atoms with Crippen LogP contribution in [0.1, 0.15) is 0 Å². The number of hydrogen-bond donors (Lipinski definition) is 1. The van der Waals surface area contributed by atoms with Crippen molar-refractivity contribution in [3.8, 4) is 0 Å². The Morgan fingerprint density at radius 2 is 1.86 bits per heavy atom. The molecular weight excluding hydrogens is 100 g/mol. The van der Waals surface area contributed by atoms with E-state index in [0.29, 0.717) is 0 Å². The molecule has 1 saturated heterocycles. The van der Waals surface area contributed by atoms with Crippen molar-refractivity contribution in [2.24, 2.45) is 0 Å². The van der Waals surface area contributed by atoms with Gasteiger partial charge >= 0.3 is 0 Å². The lowest BCUT2D eigenvalue weighted by molar-refractivity contribution is -0.369. The highest BCUT2D eigenvalue weighted by Crippen LogP contribution is 1.96. The van der Waals surface area contributed by atoms with E-state index in [2.05, 4.69) is 14.2 Å². The highest BCUT2D eigenvalue weighted by atomic mass is 16.9. The zero-order valence-electron chi connectivity index (χ0n) is 3.66. The van der Waals surface area contributed by atoms with Crippen LogP contribution in [0.5, 0.6) is 0 Å². The van der Waals surface area contributed by atoms with E-state index in [1.165, 1.54) is 0 Å². The topological polar surface area (TPSA) is 47.9 Å². The highest BCUT2D eigenvalue weighted by molar-refractivity contribution is 4.17. The summed E-state index contributed by atoms with van der Waals surface area (Å²) in [5.41, 5.74) is 0. The molecule has 0 atom stereocenters. The molecule has 0 bridgehead atoms. The molecule has 0 aliphatic carbocycles. The average Bonchev–Trinajstić information content (AvgIpc) is 1.69. The molecule has 1 aliphatic heterocycles. The lowest BCUT2D eigenvalue weighted by Gasteiger charge is -2.17. The largest absolute Gasteiger partial charge is 0.346 e. The number of rotatable bonds is 0. The second-order valence-electron chi connectivity index (χ2n) is 1.08. The van der Waals surface area contributed by atoms with Gasteiger partial charge in [0.1, 0.15) is 0 Å². The second kappa shape index (κ2) is 2.23. The SMILES string of the molecule is OC1OCOCO1. The van der Waals surface area contributed by atoms with Crippen LogP contribution in [-0.2, 0) is 14.2 Å². The van der Waals surface area contributed by atoms with E-state index < -0.39 is 6.48 Å². The van der Waals surface area contributed by atoms with Gasteiger partial charge < -0.3 is 19.3 Å². The van der Waals surface area contributed by atoms with Gasteiger partial charge in [0, 0.05) is 0 Å². The van der Waals surface area contributed by atoms with Crippen LogP contribution in [0.3, 0.4) is 0 Å². The minimum absolute atomic E-state index is 0.112. The van der Waals surface area contributed by atoms with Crippen LogP contribution in [0.2, 0.25) is 0 Å². The Morgan fingerprint density at radius 1 is 1.29 bits per heavy atom. The molecule has 1 rings (SSSR count). The quantitative estimate of drug-likeness (QED) is 0.441. The fourth-order valence-electron chi connectivity index (χ4n) is 0.295. The van der Waals surface area contributed by atoms with Crippen LogP contribution < -0.4 is 0 Å². The zero-order valence-corrected chi connectivity index (χ0v) is 3.66. The first-order valence-electron chi connectivity index (χ1n) is 1.88. The Morgan fingerprint density at radius 3 is 2.14 bits per heavy atom. The third-order valence-corrected chi connectivity index (χ3v) is 0.588. The predicted molar refractivity (Wildman–Crippen MR) is 19.0 cm³/mol. The van der Waals surface area contributed by atoms with Crippen molar-refractivity contribution in [2.45, 2.75) is 6.48 Å². The molecule has 4 heteroatoms. The van der Waals surface area contributed by atoms with Gasteiger partial charge in [0.15, 0.2) is 13.6 Å².